The Labute approximate surface area is 134 Å². The SMILES string of the molecule is CNCC/C=C1/c2ccccc2CSc2sccc21.Cl. The summed E-state index contributed by atoms with van der Waals surface area (Å²) in [6, 6.07) is 11.1. The van der Waals surface area contributed by atoms with E-state index in [-0.39, 0.29) is 12.4 Å². The Morgan fingerprint density at radius 1 is 1.20 bits per heavy atom. The monoisotopic (exact) mass is 323 g/mol. The molecule has 0 aliphatic carbocycles. The van der Waals surface area contributed by atoms with E-state index in [1.807, 2.05) is 30.1 Å². The van der Waals surface area contributed by atoms with Crippen molar-refractivity contribution in [1.29, 1.82) is 0 Å². The first-order valence-corrected chi connectivity index (χ1v) is 8.40. The normalized spacial score (nSPS) is 15.2. The van der Waals surface area contributed by atoms with Gasteiger partial charge in [-0.3, -0.25) is 0 Å². The highest BCUT2D eigenvalue weighted by Gasteiger charge is 2.18. The maximum absolute atomic E-state index is 3.22. The molecule has 0 amide bonds. The summed E-state index contributed by atoms with van der Waals surface area (Å²) in [6.45, 7) is 1.03. The Morgan fingerprint density at radius 3 is 2.90 bits per heavy atom. The lowest BCUT2D eigenvalue weighted by Crippen LogP contribution is -2.06. The highest BCUT2D eigenvalue weighted by Crippen LogP contribution is 2.42. The summed E-state index contributed by atoms with van der Waals surface area (Å²) in [6.07, 6.45) is 3.45. The molecule has 3 rings (SSSR count). The molecule has 0 bridgehead atoms. The molecule has 0 unspecified atom stereocenters. The quantitative estimate of drug-likeness (QED) is 0.813. The summed E-state index contributed by atoms with van der Waals surface area (Å²) in [5, 5.41) is 5.42. The summed E-state index contributed by atoms with van der Waals surface area (Å²) in [5.74, 6) is 1.08. The third-order valence-corrected chi connectivity index (χ3v) is 5.61. The lowest BCUT2D eigenvalue weighted by molar-refractivity contribution is 0.808. The summed E-state index contributed by atoms with van der Waals surface area (Å²) in [7, 11) is 2.01. The lowest BCUT2D eigenvalue weighted by Gasteiger charge is -2.09. The van der Waals surface area contributed by atoms with E-state index in [1.165, 1.54) is 26.5 Å². The number of hydrogen-bond acceptors (Lipinski definition) is 3. The molecule has 4 heteroatoms. The molecule has 1 aromatic carbocycles. The number of hydrogen-bond donors (Lipinski definition) is 1. The van der Waals surface area contributed by atoms with Crippen LogP contribution >= 0.6 is 35.5 Å². The molecule has 1 N–H and O–H groups in total. The van der Waals surface area contributed by atoms with Gasteiger partial charge in [-0.25, -0.2) is 0 Å². The molecule has 20 heavy (non-hydrogen) atoms. The highest BCUT2D eigenvalue weighted by molar-refractivity contribution is 8.00. The molecule has 0 spiro atoms. The minimum Gasteiger partial charge on any atom is -0.319 e. The van der Waals surface area contributed by atoms with Crippen molar-refractivity contribution in [2.45, 2.75) is 16.4 Å². The number of rotatable bonds is 3. The van der Waals surface area contributed by atoms with E-state index in [2.05, 4.69) is 47.1 Å². The molecule has 0 atom stereocenters. The third-order valence-electron chi connectivity index (χ3n) is 3.33. The van der Waals surface area contributed by atoms with Gasteiger partial charge in [0.25, 0.3) is 0 Å². The van der Waals surface area contributed by atoms with Crippen LogP contribution < -0.4 is 5.32 Å². The van der Waals surface area contributed by atoms with Crippen LogP contribution in [-0.2, 0) is 5.75 Å². The average Bonchev–Trinajstić information content (AvgIpc) is 2.85. The van der Waals surface area contributed by atoms with Crippen molar-refractivity contribution < 1.29 is 0 Å². The second-order valence-corrected chi connectivity index (χ2v) is 6.74. The van der Waals surface area contributed by atoms with Crippen molar-refractivity contribution in [3.63, 3.8) is 0 Å². The molecular formula is C16H18ClNS2. The fourth-order valence-electron chi connectivity index (χ4n) is 2.38. The van der Waals surface area contributed by atoms with Gasteiger partial charge in [-0.15, -0.1) is 35.5 Å². The third kappa shape index (κ3) is 3.12. The number of halogens is 1. The van der Waals surface area contributed by atoms with Crippen LogP contribution in [0, 0.1) is 0 Å². The predicted octanol–water partition coefficient (Wildman–Crippen LogP) is 4.82. The first-order chi connectivity index (χ1) is 9.40. The van der Waals surface area contributed by atoms with Gasteiger partial charge in [0.2, 0.25) is 0 Å². The maximum Gasteiger partial charge on any atom is 0.0680 e. The standard InChI is InChI=1S/C16H17NS2.ClH/c1-17-9-4-7-14-13-6-3-2-5-12(13)11-19-16-15(14)8-10-18-16;/h2-3,5-8,10,17H,4,9,11H2,1H3;1H/b14-7-;. The highest BCUT2D eigenvalue weighted by atomic mass is 35.5. The van der Waals surface area contributed by atoms with Crippen molar-refractivity contribution in [2.75, 3.05) is 13.6 Å². The molecule has 0 fully saturated rings. The number of nitrogens with one attached hydrogen (secondary N) is 1. The average molecular weight is 324 g/mol. The van der Waals surface area contributed by atoms with Gasteiger partial charge in [-0.1, -0.05) is 30.3 Å². The van der Waals surface area contributed by atoms with Gasteiger partial charge in [-0.05, 0) is 48.2 Å². The van der Waals surface area contributed by atoms with Crippen LogP contribution in [0.3, 0.4) is 0 Å². The van der Waals surface area contributed by atoms with Gasteiger partial charge in [0.1, 0.15) is 0 Å². The minimum absolute atomic E-state index is 0. The molecule has 1 nitrogen and oxygen atoms in total. The fraction of sp³-hybridized carbons (Fsp3) is 0.250. The van der Waals surface area contributed by atoms with Gasteiger partial charge in [-0.2, -0.15) is 0 Å². The molecule has 2 heterocycles. The number of benzene rings is 1. The summed E-state index contributed by atoms with van der Waals surface area (Å²) >= 11 is 3.82. The van der Waals surface area contributed by atoms with E-state index in [9.17, 15) is 0 Å². The predicted molar refractivity (Wildman–Crippen MR) is 93.2 cm³/mol. The van der Waals surface area contributed by atoms with Crippen LogP contribution in [0.25, 0.3) is 5.57 Å². The van der Waals surface area contributed by atoms with Crippen molar-refractivity contribution in [3.8, 4) is 0 Å². The summed E-state index contributed by atoms with van der Waals surface area (Å²) in [4.78, 5) is 0. The van der Waals surface area contributed by atoms with Crippen molar-refractivity contribution in [3.05, 3.63) is 58.5 Å². The lowest BCUT2D eigenvalue weighted by atomic mass is 9.95. The van der Waals surface area contributed by atoms with Crippen molar-refractivity contribution in [1.82, 2.24) is 5.32 Å². The van der Waals surface area contributed by atoms with Crippen LogP contribution in [0.1, 0.15) is 23.1 Å². The Hall–Kier alpha value is -0.740. The Morgan fingerprint density at radius 2 is 2.05 bits per heavy atom. The van der Waals surface area contributed by atoms with Gasteiger partial charge in [0, 0.05) is 11.3 Å². The topological polar surface area (TPSA) is 12.0 Å². The Bertz CT molecular complexity index is 604. The zero-order valence-electron chi connectivity index (χ0n) is 11.4. The Balaban J connectivity index is 0.00000147. The summed E-state index contributed by atoms with van der Waals surface area (Å²) in [5.41, 5.74) is 5.68. The molecular weight excluding hydrogens is 306 g/mol. The second kappa shape index (κ2) is 7.32. The molecule has 1 aliphatic heterocycles. The van der Waals surface area contributed by atoms with Gasteiger partial charge >= 0.3 is 0 Å². The van der Waals surface area contributed by atoms with E-state index >= 15 is 0 Å². The molecule has 0 saturated heterocycles. The van der Waals surface area contributed by atoms with Crippen LogP contribution in [0.5, 0.6) is 0 Å². The van der Waals surface area contributed by atoms with Crippen LogP contribution in [0.2, 0.25) is 0 Å². The molecule has 0 radical (unpaired) electrons. The van der Waals surface area contributed by atoms with E-state index in [0.29, 0.717) is 0 Å². The first kappa shape index (κ1) is 15.6. The van der Waals surface area contributed by atoms with E-state index in [1.54, 1.807) is 0 Å². The minimum atomic E-state index is 0. The van der Waals surface area contributed by atoms with Crippen molar-refractivity contribution >= 4 is 41.1 Å². The number of thioether (sulfide) groups is 1. The molecule has 1 aliphatic rings. The zero-order valence-corrected chi connectivity index (χ0v) is 13.8. The van der Waals surface area contributed by atoms with Crippen LogP contribution in [0.4, 0.5) is 0 Å². The van der Waals surface area contributed by atoms with E-state index < -0.39 is 0 Å². The fourth-order valence-corrected chi connectivity index (χ4v) is 4.51. The van der Waals surface area contributed by atoms with Crippen LogP contribution in [-0.4, -0.2) is 13.6 Å². The van der Waals surface area contributed by atoms with E-state index in [4.69, 9.17) is 0 Å². The first-order valence-electron chi connectivity index (χ1n) is 6.54. The van der Waals surface area contributed by atoms with Crippen molar-refractivity contribution in [2.24, 2.45) is 0 Å². The Kier molecular flexibility index (Phi) is 5.73. The van der Waals surface area contributed by atoms with Crippen LogP contribution in [0.15, 0.2) is 46.0 Å². The van der Waals surface area contributed by atoms with Gasteiger partial charge in [0.05, 0.1) is 4.21 Å². The molecule has 1 aromatic heterocycles. The molecule has 106 valence electrons. The second-order valence-electron chi connectivity index (χ2n) is 4.58. The van der Waals surface area contributed by atoms with E-state index in [0.717, 1.165) is 18.7 Å². The summed E-state index contributed by atoms with van der Waals surface area (Å²) < 4.78 is 1.45. The molecule has 2 aromatic rings. The maximum atomic E-state index is 3.22. The largest absolute Gasteiger partial charge is 0.319 e. The number of thiophene rings is 1. The molecule has 0 saturated carbocycles. The smallest absolute Gasteiger partial charge is 0.0680 e. The van der Waals surface area contributed by atoms with Gasteiger partial charge < -0.3 is 5.32 Å². The zero-order chi connectivity index (χ0) is 13.1. The van der Waals surface area contributed by atoms with Gasteiger partial charge in [0.15, 0.2) is 0 Å². The number of fused-ring (bicyclic) bond motifs is 2.